The van der Waals surface area contributed by atoms with Gasteiger partial charge in [0.25, 0.3) is 0 Å². The van der Waals surface area contributed by atoms with Gasteiger partial charge in [-0.05, 0) is 31.2 Å². The molecule has 1 aromatic carbocycles. The number of aliphatic hydroxyl groups excluding tert-OH is 1. The SMILES string of the molecule is N#Cc1cc(C=O)ccc1N1CCCN(CCO)CC1. The van der Waals surface area contributed by atoms with E-state index in [-0.39, 0.29) is 6.61 Å². The smallest absolute Gasteiger partial charge is 0.150 e. The second kappa shape index (κ2) is 7.04. The molecule has 1 heterocycles. The van der Waals surface area contributed by atoms with Gasteiger partial charge >= 0.3 is 0 Å². The van der Waals surface area contributed by atoms with E-state index >= 15 is 0 Å². The minimum absolute atomic E-state index is 0.178. The van der Waals surface area contributed by atoms with Crippen molar-refractivity contribution in [3.63, 3.8) is 0 Å². The molecule has 2 rings (SSSR count). The Bertz CT molecular complexity index is 510. The van der Waals surface area contributed by atoms with Crippen LogP contribution in [0.4, 0.5) is 5.69 Å². The molecule has 0 aromatic heterocycles. The van der Waals surface area contributed by atoms with Crippen LogP contribution < -0.4 is 4.90 Å². The van der Waals surface area contributed by atoms with Crippen molar-refractivity contribution in [3.8, 4) is 6.07 Å². The summed E-state index contributed by atoms with van der Waals surface area (Å²) in [5.41, 5.74) is 1.97. The molecule has 5 nitrogen and oxygen atoms in total. The standard InChI is InChI=1S/C15H19N3O2/c16-11-14-10-13(12-20)2-3-15(14)18-5-1-4-17(6-7-18)8-9-19/h2-3,10,12,19H,1,4-9H2. The number of aldehydes is 1. The summed E-state index contributed by atoms with van der Waals surface area (Å²) < 4.78 is 0. The molecule has 0 bridgehead atoms. The predicted molar refractivity (Wildman–Crippen MR) is 76.9 cm³/mol. The molecular formula is C15H19N3O2. The molecule has 5 heteroatoms. The molecule has 1 aliphatic rings. The van der Waals surface area contributed by atoms with E-state index in [1.54, 1.807) is 12.1 Å². The first-order valence-electron chi connectivity index (χ1n) is 6.86. The molecule has 1 aromatic rings. The number of carbonyl (C=O) groups excluding carboxylic acids is 1. The second-order valence-electron chi connectivity index (χ2n) is 4.91. The van der Waals surface area contributed by atoms with Gasteiger partial charge in [0.15, 0.2) is 0 Å². The number of nitrogens with zero attached hydrogens (tertiary/aromatic N) is 3. The highest BCUT2D eigenvalue weighted by Crippen LogP contribution is 2.22. The molecule has 1 aliphatic heterocycles. The first-order chi connectivity index (χ1) is 9.78. The van der Waals surface area contributed by atoms with Crippen molar-refractivity contribution in [3.05, 3.63) is 29.3 Å². The molecule has 1 saturated heterocycles. The van der Waals surface area contributed by atoms with E-state index in [9.17, 15) is 10.1 Å². The van der Waals surface area contributed by atoms with Crippen molar-refractivity contribution in [1.82, 2.24) is 4.90 Å². The zero-order chi connectivity index (χ0) is 14.4. The summed E-state index contributed by atoms with van der Waals surface area (Å²) in [5, 5.41) is 18.2. The molecule has 106 valence electrons. The summed E-state index contributed by atoms with van der Waals surface area (Å²) in [5.74, 6) is 0. The van der Waals surface area contributed by atoms with Gasteiger partial charge in [0.2, 0.25) is 0 Å². The maximum absolute atomic E-state index is 10.8. The van der Waals surface area contributed by atoms with Crippen LogP contribution in [0.5, 0.6) is 0 Å². The molecule has 0 atom stereocenters. The number of benzene rings is 1. The van der Waals surface area contributed by atoms with Gasteiger partial charge in [-0.2, -0.15) is 5.26 Å². The molecule has 0 amide bonds. The van der Waals surface area contributed by atoms with Crippen LogP contribution in [-0.2, 0) is 0 Å². The molecule has 0 spiro atoms. The molecular weight excluding hydrogens is 254 g/mol. The Labute approximate surface area is 119 Å². The lowest BCUT2D eigenvalue weighted by Crippen LogP contribution is -2.32. The molecule has 0 radical (unpaired) electrons. The first-order valence-corrected chi connectivity index (χ1v) is 6.86. The fourth-order valence-electron chi connectivity index (χ4n) is 2.57. The lowest BCUT2D eigenvalue weighted by atomic mass is 10.1. The van der Waals surface area contributed by atoms with E-state index in [1.165, 1.54) is 0 Å². The van der Waals surface area contributed by atoms with Crippen molar-refractivity contribution >= 4 is 12.0 Å². The summed E-state index contributed by atoms with van der Waals surface area (Å²) in [4.78, 5) is 15.2. The van der Waals surface area contributed by atoms with Crippen LogP contribution in [0.25, 0.3) is 0 Å². The maximum atomic E-state index is 10.8. The average molecular weight is 273 g/mol. The average Bonchev–Trinajstić information content (AvgIpc) is 2.72. The molecule has 0 unspecified atom stereocenters. The van der Waals surface area contributed by atoms with Gasteiger partial charge in [0.05, 0.1) is 17.9 Å². The highest BCUT2D eigenvalue weighted by atomic mass is 16.3. The number of aliphatic hydroxyl groups is 1. The lowest BCUT2D eigenvalue weighted by molar-refractivity contribution is 0.112. The number of rotatable bonds is 4. The maximum Gasteiger partial charge on any atom is 0.150 e. The summed E-state index contributed by atoms with van der Waals surface area (Å²) in [6.07, 6.45) is 1.76. The Morgan fingerprint density at radius 3 is 2.85 bits per heavy atom. The van der Waals surface area contributed by atoms with Gasteiger partial charge in [-0.15, -0.1) is 0 Å². The Kier molecular flexibility index (Phi) is 5.10. The van der Waals surface area contributed by atoms with Crippen LogP contribution in [0.2, 0.25) is 0 Å². The fraction of sp³-hybridized carbons (Fsp3) is 0.467. The van der Waals surface area contributed by atoms with Crippen LogP contribution in [-0.4, -0.2) is 55.6 Å². The van der Waals surface area contributed by atoms with Crippen LogP contribution >= 0.6 is 0 Å². The van der Waals surface area contributed by atoms with E-state index in [2.05, 4.69) is 15.9 Å². The van der Waals surface area contributed by atoms with Crippen LogP contribution in [0, 0.1) is 11.3 Å². The Balaban J connectivity index is 2.15. The largest absolute Gasteiger partial charge is 0.395 e. The van der Waals surface area contributed by atoms with Gasteiger partial charge in [-0.3, -0.25) is 9.69 Å². The quantitative estimate of drug-likeness (QED) is 0.825. The normalized spacial score (nSPS) is 16.5. The highest BCUT2D eigenvalue weighted by Gasteiger charge is 2.17. The van der Waals surface area contributed by atoms with Crippen LogP contribution in [0.15, 0.2) is 18.2 Å². The van der Waals surface area contributed by atoms with Gasteiger partial charge in [0.1, 0.15) is 12.4 Å². The number of nitriles is 1. The van der Waals surface area contributed by atoms with Crippen molar-refractivity contribution in [2.45, 2.75) is 6.42 Å². The predicted octanol–water partition coefficient (Wildman–Crippen LogP) is 0.875. The van der Waals surface area contributed by atoms with Gasteiger partial charge in [-0.25, -0.2) is 0 Å². The van der Waals surface area contributed by atoms with Gasteiger partial charge in [-0.1, -0.05) is 0 Å². The van der Waals surface area contributed by atoms with Crippen molar-refractivity contribution < 1.29 is 9.90 Å². The highest BCUT2D eigenvalue weighted by molar-refractivity contribution is 5.78. The zero-order valence-electron chi connectivity index (χ0n) is 11.5. The molecule has 1 N–H and O–H groups in total. The van der Waals surface area contributed by atoms with Crippen molar-refractivity contribution in [2.24, 2.45) is 0 Å². The summed E-state index contributed by atoms with van der Waals surface area (Å²) in [6, 6.07) is 7.41. The van der Waals surface area contributed by atoms with Crippen molar-refractivity contribution in [2.75, 3.05) is 44.2 Å². The number of hydrogen-bond donors (Lipinski definition) is 1. The Hall–Kier alpha value is -1.90. The zero-order valence-corrected chi connectivity index (χ0v) is 11.5. The number of hydrogen-bond acceptors (Lipinski definition) is 5. The monoisotopic (exact) mass is 273 g/mol. The lowest BCUT2D eigenvalue weighted by Gasteiger charge is -2.24. The van der Waals surface area contributed by atoms with Crippen LogP contribution in [0.3, 0.4) is 0 Å². The molecule has 1 fully saturated rings. The van der Waals surface area contributed by atoms with E-state index in [0.717, 1.165) is 44.6 Å². The van der Waals surface area contributed by atoms with E-state index in [4.69, 9.17) is 5.11 Å². The third-order valence-electron chi connectivity index (χ3n) is 3.62. The van der Waals surface area contributed by atoms with E-state index in [1.807, 2.05) is 6.07 Å². The number of carbonyl (C=O) groups is 1. The Morgan fingerprint density at radius 2 is 2.15 bits per heavy atom. The van der Waals surface area contributed by atoms with E-state index < -0.39 is 0 Å². The minimum Gasteiger partial charge on any atom is -0.395 e. The third kappa shape index (κ3) is 3.35. The van der Waals surface area contributed by atoms with Crippen molar-refractivity contribution in [1.29, 1.82) is 5.26 Å². The second-order valence-corrected chi connectivity index (χ2v) is 4.91. The summed E-state index contributed by atoms with van der Waals surface area (Å²) in [7, 11) is 0. The summed E-state index contributed by atoms with van der Waals surface area (Å²) >= 11 is 0. The molecule has 0 saturated carbocycles. The van der Waals surface area contributed by atoms with Crippen LogP contribution in [0.1, 0.15) is 22.3 Å². The topological polar surface area (TPSA) is 67.6 Å². The third-order valence-corrected chi connectivity index (χ3v) is 3.62. The first kappa shape index (κ1) is 14.5. The molecule has 0 aliphatic carbocycles. The van der Waals surface area contributed by atoms with Gasteiger partial charge in [0, 0.05) is 31.7 Å². The molecule has 20 heavy (non-hydrogen) atoms. The Morgan fingerprint density at radius 1 is 1.30 bits per heavy atom. The minimum atomic E-state index is 0.178. The number of anilines is 1. The van der Waals surface area contributed by atoms with Gasteiger partial charge < -0.3 is 10.0 Å². The fourth-order valence-corrected chi connectivity index (χ4v) is 2.57. The number of β-amino-alcohol motifs (C(OH)–C–C–N with tert-alkyl or cyclic N) is 1. The van der Waals surface area contributed by atoms with E-state index in [0.29, 0.717) is 17.7 Å². The summed E-state index contributed by atoms with van der Waals surface area (Å²) in [6.45, 7) is 4.43.